The van der Waals surface area contributed by atoms with Crippen molar-refractivity contribution in [1.82, 2.24) is 4.98 Å². The fourth-order valence-corrected chi connectivity index (χ4v) is 1.16. The highest BCUT2D eigenvalue weighted by molar-refractivity contribution is 7.13. The van der Waals surface area contributed by atoms with Crippen LogP contribution in [-0.2, 0) is 4.79 Å². The van der Waals surface area contributed by atoms with E-state index in [0.29, 0.717) is 0 Å². The summed E-state index contributed by atoms with van der Waals surface area (Å²) in [6.07, 6.45) is 1.60. The number of nitrogens with zero attached hydrogens (tertiary/aromatic N) is 1. The number of hydrogen-bond acceptors (Lipinski definition) is 4. The Balaban J connectivity index is 2.50. The lowest BCUT2D eigenvalue weighted by Gasteiger charge is -2.06. The van der Waals surface area contributed by atoms with Crippen LogP contribution in [0.1, 0.15) is 6.92 Å². The van der Waals surface area contributed by atoms with Crippen molar-refractivity contribution in [2.24, 2.45) is 0 Å². The Morgan fingerprint density at radius 3 is 3.09 bits per heavy atom. The first-order chi connectivity index (χ1) is 5.20. The maximum absolute atomic E-state index is 10.3. The van der Waals surface area contributed by atoms with Crippen molar-refractivity contribution >= 4 is 22.3 Å². The minimum absolute atomic E-state index is 0.560. The van der Waals surface area contributed by atoms with Gasteiger partial charge in [-0.1, -0.05) is 0 Å². The molecule has 1 rings (SSSR count). The smallest absolute Gasteiger partial charge is 0.325 e. The number of carboxylic acids is 1. The topological polar surface area (TPSA) is 62.2 Å². The normalized spacial score (nSPS) is 12.5. The van der Waals surface area contributed by atoms with E-state index in [-0.39, 0.29) is 0 Å². The summed E-state index contributed by atoms with van der Waals surface area (Å²) in [6, 6.07) is -0.560. The molecule has 0 bridgehead atoms. The Kier molecular flexibility index (Phi) is 2.43. The van der Waals surface area contributed by atoms with Gasteiger partial charge in [0, 0.05) is 0 Å². The number of rotatable bonds is 3. The van der Waals surface area contributed by atoms with Gasteiger partial charge in [0.1, 0.15) is 11.0 Å². The molecule has 0 aliphatic carbocycles. The third-order valence-corrected chi connectivity index (χ3v) is 1.87. The number of anilines is 1. The molecule has 0 aromatic carbocycles. The highest BCUT2D eigenvalue weighted by atomic mass is 32.1. The average Bonchev–Trinajstić information content (AvgIpc) is 2.39. The van der Waals surface area contributed by atoms with Gasteiger partial charge in [-0.15, -0.1) is 11.3 Å². The van der Waals surface area contributed by atoms with Gasteiger partial charge in [0.2, 0.25) is 0 Å². The molecule has 1 aromatic rings. The number of nitrogens with one attached hydrogen (secondary N) is 1. The fraction of sp³-hybridized carbons (Fsp3) is 0.333. The van der Waals surface area contributed by atoms with E-state index in [1.54, 1.807) is 18.6 Å². The van der Waals surface area contributed by atoms with E-state index in [1.165, 1.54) is 11.3 Å². The van der Waals surface area contributed by atoms with Crippen LogP contribution in [0.4, 0.5) is 5.00 Å². The van der Waals surface area contributed by atoms with Crippen molar-refractivity contribution in [1.29, 1.82) is 0 Å². The van der Waals surface area contributed by atoms with Crippen molar-refractivity contribution in [3.8, 4) is 0 Å². The van der Waals surface area contributed by atoms with Crippen molar-refractivity contribution < 1.29 is 9.90 Å². The lowest BCUT2D eigenvalue weighted by atomic mass is 10.3. The summed E-state index contributed by atoms with van der Waals surface area (Å²) in [5.74, 6) is -0.863. The van der Waals surface area contributed by atoms with E-state index in [4.69, 9.17) is 5.11 Å². The molecular weight excluding hydrogens is 164 g/mol. The second kappa shape index (κ2) is 3.34. The van der Waals surface area contributed by atoms with Crippen molar-refractivity contribution in [3.05, 3.63) is 11.7 Å². The monoisotopic (exact) mass is 172 g/mol. The van der Waals surface area contributed by atoms with Gasteiger partial charge in [-0.25, -0.2) is 0 Å². The van der Waals surface area contributed by atoms with E-state index in [9.17, 15) is 4.79 Å². The highest BCUT2D eigenvalue weighted by Crippen LogP contribution is 2.13. The summed E-state index contributed by atoms with van der Waals surface area (Å²) in [7, 11) is 0. The van der Waals surface area contributed by atoms with Gasteiger partial charge >= 0.3 is 5.97 Å². The first kappa shape index (κ1) is 8.00. The zero-order valence-electron chi connectivity index (χ0n) is 5.94. The number of aromatic nitrogens is 1. The average molecular weight is 172 g/mol. The van der Waals surface area contributed by atoms with Crippen molar-refractivity contribution in [3.63, 3.8) is 0 Å². The summed E-state index contributed by atoms with van der Waals surface area (Å²) in [4.78, 5) is 14.1. The molecule has 0 saturated heterocycles. The van der Waals surface area contributed by atoms with Crippen LogP contribution in [0, 0.1) is 0 Å². The van der Waals surface area contributed by atoms with E-state index in [0.717, 1.165) is 5.00 Å². The minimum Gasteiger partial charge on any atom is -0.480 e. The third-order valence-electron chi connectivity index (χ3n) is 1.16. The third kappa shape index (κ3) is 2.19. The Hall–Kier alpha value is -1.10. The predicted octanol–water partition coefficient (Wildman–Crippen LogP) is 1.03. The van der Waals surface area contributed by atoms with E-state index < -0.39 is 12.0 Å². The van der Waals surface area contributed by atoms with Gasteiger partial charge in [-0.3, -0.25) is 9.78 Å². The first-order valence-electron chi connectivity index (χ1n) is 3.08. The summed E-state index contributed by atoms with van der Waals surface area (Å²) in [5, 5.41) is 12.1. The lowest BCUT2D eigenvalue weighted by Crippen LogP contribution is -2.24. The Labute approximate surface area is 67.9 Å². The van der Waals surface area contributed by atoms with Crippen LogP contribution >= 0.6 is 11.3 Å². The molecule has 0 saturated carbocycles. The van der Waals surface area contributed by atoms with E-state index in [2.05, 4.69) is 10.3 Å². The van der Waals surface area contributed by atoms with Crippen molar-refractivity contribution in [2.75, 3.05) is 5.32 Å². The molecule has 1 aromatic heterocycles. The molecule has 0 amide bonds. The quantitative estimate of drug-likeness (QED) is 0.714. The highest BCUT2D eigenvalue weighted by Gasteiger charge is 2.09. The molecule has 60 valence electrons. The first-order valence-corrected chi connectivity index (χ1v) is 3.96. The molecular formula is C6H8N2O2S. The predicted molar refractivity (Wildman–Crippen MR) is 42.8 cm³/mol. The maximum atomic E-state index is 10.3. The standard InChI is InChI=1S/C6H8N2O2S/c1-4(6(9)10)8-5-2-7-3-11-5/h2-4,8H,1H3,(H,9,10). The van der Waals surface area contributed by atoms with Crippen LogP contribution in [0.2, 0.25) is 0 Å². The molecule has 2 N–H and O–H groups in total. The second-order valence-electron chi connectivity index (χ2n) is 2.07. The maximum Gasteiger partial charge on any atom is 0.325 e. The van der Waals surface area contributed by atoms with Crippen LogP contribution in [0.25, 0.3) is 0 Å². The van der Waals surface area contributed by atoms with Gasteiger partial charge in [-0.05, 0) is 6.92 Å². The van der Waals surface area contributed by atoms with Crippen molar-refractivity contribution in [2.45, 2.75) is 13.0 Å². The summed E-state index contributed by atoms with van der Waals surface area (Å²) < 4.78 is 0. The van der Waals surface area contributed by atoms with Gasteiger partial charge in [0.05, 0.1) is 11.7 Å². The zero-order chi connectivity index (χ0) is 8.27. The van der Waals surface area contributed by atoms with Crippen LogP contribution < -0.4 is 5.32 Å². The number of carbonyl (C=O) groups is 1. The molecule has 5 heteroatoms. The lowest BCUT2D eigenvalue weighted by molar-refractivity contribution is -0.137. The number of thiazole rings is 1. The van der Waals surface area contributed by atoms with Gasteiger partial charge in [0.15, 0.2) is 0 Å². The Bertz CT molecular complexity index is 235. The van der Waals surface area contributed by atoms with Crippen LogP contribution in [0.5, 0.6) is 0 Å². The molecule has 0 radical (unpaired) electrons. The molecule has 0 spiro atoms. The van der Waals surface area contributed by atoms with Crippen LogP contribution in [-0.4, -0.2) is 22.1 Å². The van der Waals surface area contributed by atoms with Gasteiger partial charge < -0.3 is 10.4 Å². The minimum atomic E-state index is -0.863. The van der Waals surface area contributed by atoms with Gasteiger partial charge in [-0.2, -0.15) is 0 Å². The fourth-order valence-electron chi connectivity index (χ4n) is 0.562. The molecule has 1 atom stereocenters. The van der Waals surface area contributed by atoms with Crippen LogP contribution in [0.3, 0.4) is 0 Å². The SMILES string of the molecule is CC(Nc1cncs1)C(=O)O. The second-order valence-corrected chi connectivity index (χ2v) is 2.96. The van der Waals surface area contributed by atoms with E-state index >= 15 is 0 Å². The molecule has 0 fully saturated rings. The summed E-state index contributed by atoms with van der Waals surface area (Å²) in [5.41, 5.74) is 1.65. The Morgan fingerprint density at radius 2 is 2.64 bits per heavy atom. The molecule has 0 aliphatic heterocycles. The Morgan fingerprint density at radius 1 is 1.91 bits per heavy atom. The summed E-state index contributed by atoms with van der Waals surface area (Å²) >= 11 is 1.38. The largest absolute Gasteiger partial charge is 0.480 e. The van der Waals surface area contributed by atoms with Crippen LogP contribution in [0.15, 0.2) is 11.7 Å². The molecule has 11 heavy (non-hydrogen) atoms. The van der Waals surface area contributed by atoms with Gasteiger partial charge in [0.25, 0.3) is 0 Å². The summed E-state index contributed by atoms with van der Waals surface area (Å²) in [6.45, 7) is 1.59. The number of aliphatic carboxylic acids is 1. The molecule has 0 aliphatic rings. The molecule has 1 unspecified atom stereocenters. The number of hydrogen-bond donors (Lipinski definition) is 2. The molecule has 1 heterocycles. The zero-order valence-corrected chi connectivity index (χ0v) is 6.76. The van der Waals surface area contributed by atoms with E-state index in [1.807, 2.05) is 0 Å². The number of carboxylic acid groups (broad SMARTS) is 1. The molecule has 4 nitrogen and oxygen atoms in total.